The van der Waals surface area contributed by atoms with Crippen molar-refractivity contribution in [2.75, 3.05) is 18.8 Å². The summed E-state index contributed by atoms with van der Waals surface area (Å²) < 4.78 is 0. The van der Waals surface area contributed by atoms with E-state index in [2.05, 4.69) is 27.8 Å². The predicted octanol–water partition coefficient (Wildman–Crippen LogP) is 0.805. The van der Waals surface area contributed by atoms with E-state index < -0.39 is 0 Å². The van der Waals surface area contributed by atoms with Crippen LogP contribution in [0, 0.1) is 0 Å². The molecule has 1 aromatic rings. The summed E-state index contributed by atoms with van der Waals surface area (Å²) in [5.41, 5.74) is 9.38. The topological polar surface area (TPSA) is 62.4 Å². The molecule has 0 radical (unpaired) electrons. The highest BCUT2D eigenvalue weighted by atomic mass is 15.2. The zero-order valence-corrected chi connectivity index (χ0v) is 9.16. The van der Waals surface area contributed by atoms with Crippen molar-refractivity contribution in [3.8, 4) is 0 Å². The van der Waals surface area contributed by atoms with Crippen molar-refractivity contribution in [2.45, 2.75) is 18.9 Å². The van der Waals surface area contributed by atoms with Crippen LogP contribution < -0.4 is 16.4 Å². The highest BCUT2D eigenvalue weighted by Crippen LogP contribution is 2.32. The molecule has 0 amide bonds. The lowest BCUT2D eigenvalue weighted by atomic mass is 10.1. The van der Waals surface area contributed by atoms with Crippen LogP contribution in [0.2, 0.25) is 0 Å². The molecule has 3 rings (SSSR count). The molecule has 4 nitrogen and oxygen atoms in total. The third kappa shape index (κ3) is 1.60. The van der Waals surface area contributed by atoms with Crippen LogP contribution in [0.25, 0.3) is 0 Å². The lowest BCUT2D eigenvalue weighted by molar-refractivity contribution is 0.631. The molecule has 0 fully saturated rings. The van der Waals surface area contributed by atoms with Crippen molar-refractivity contribution in [1.82, 2.24) is 10.6 Å². The van der Waals surface area contributed by atoms with Crippen molar-refractivity contribution >= 4 is 11.6 Å². The maximum Gasteiger partial charge on any atom is 0.191 e. The van der Waals surface area contributed by atoms with E-state index in [4.69, 9.17) is 5.73 Å². The number of nitrogens with zero attached hydrogens (tertiary/aromatic N) is 1. The second kappa shape index (κ2) is 3.70. The Bertz CT molecular complexity index is 439. The van der Waals surface area contributed by atoms with Crippen molar-refractivity contribution in [1.29, 1.82) is 0 Å². The fraction of sp³-hybridized carbons (Fsp3) is 0.417. The Labute approximate surface area is 94.9 Å². The Hall–Kier alpha value is -1.71. The van der Waals surface area contributed by atoms with Gasteiger partial charge < -0.3 is 16.4 Å². The third-order valence-corrected chi connectivity index (χ3v) is 3.23. The van der Waals surface area contributed by atoms with E-state index in [1.54, 1.807) is 0 Å². The minimum atomic E-state index is 0.389. The Kier molecular flexibility index (Phi) is 2.20. The standard InChI is InChI=1S/C12H16N4/c13-9-2-3-10-8(7-9)1-4-11(10)16-12-14-5-6-15-12/h2-3,7,11H,1,4-6,13H2,(H2,14,15,16). The minimum absolute atomic E-state index is 0.389. The molecule has 16 heavy (non-hydrogen) atoms. The van der Waals surface area contributed by atoms with Crippen LogP contribution in [0.15, 0.2) is 23.2 Å². The number of hydrogen-bond acceptors (Lipinski definition) is 4. The number of fused-ring (bicyclic) bond motifs is 1. The van der Waals surface area contributed by atoms with Gasteiger partial charge in [-0.05, 0) is 36.1 Å². The maximum atomic E-state index is 5.78. The Morgan fingerprint density at radius 1 is 1.44 bits per heavy atom. The second-order valence-corrected chi connectivity index (χ2v) is 4.35. The zero-order chi connectivity index (χ0) is 11.0. The van der Waals surface area contributed by atoms with Gasteiger partial charge in [-0.2, -0.15) is 0 Å². The molecule has 4 N–H and O–H groups in total. The summed E-state index contributed by atoms with van der Waals surface area (Å²) in [6.07, 6.45) is 2.23. The van der Waals surface area contributed by atoms with E-state index in [1.807, 2.05) is 6.07 Å². The summed E-state index contributed by atoms with van der Waals surface area (Å²) in [6.45, 7) is 1.83. The monoisotopic (exact) mass is 216 g/mol. The van der Waals surface area contributed by atoms with Crippen molar-refractivity contribution in [3.63, 3.8) is 0 Å². The van der Waals surface area contributed by atoms with Crippen LogP contribution in [0.4, 0.5) is 5.69 Å². The van der Waals surface area contributed by atoms with Crippen LogP contribution in [0.3, 0.4) is 0 Å². The van der Waals surface area contributed by atoms with Crippen LogP contribution >= 0.6 is 0 Å². The number of guanidine groups is 1. The molecule has 2 aliphatic rings. The van der Waals surface area contributed by atoms with Gasteiger partial charge in [0.05, 0.1) is 12.6 Å². The van der Waals surface area contributed by atoms with Crippen LogP contribution in [0.1, 0.15) is 23.6 Å². The maximum absolute atomic E-state index is 5.78. The van der Waals surface area contributed by atoms with Gasteiger partial charge in [-0.1, -0.05) is 6.07 Å². The molecule has 1 aliphatic carbocycles. The largest absolute Gasteiger partial charge is 0.399 e. The minimum Gasteiger partial charge on any atom is -0.399 e. The molecule has 4 heteroatoms. The smallest absolute Gasteiger partial charge is 0.191 e. The molecule has 1 aromatic carbocycles. The molecule has 0 bridgehead atoms. The first-order chi connectivity index (χ1) is 7.83. The van der Waals surface area contributed by atoms with Gasteiger partial charge in [-0.25, -0.2) is 0 Å². The number of nitrogen functional groups attached to an aromatic ring is 1. The van der Waals surface area contributed by atoms with E-state index >= 15 is 0 Å². The van der Waals surface area contributed by atoms with E-state index in [1.165, 1.54) is 11.1 Å². The summed E-state index contributed by atoms with van der Waals surface area (Å²) >= 11 is 0. The molecule has 0 aromatic heterocycles. The average Bonchev–Trinajstić information content (AvgIpc) is 2.89. The van der Waals surface area contributed by atoms with E-state index in [0.29, 0.717) is 6.04 Å². The summed E-state index contributed by atoms with van der Waals surface area (Å²) in [5.74, 6) is 0.940. The number of aryl methyl sites for hydroxylation is 1. The molecule has 1 heterocycles. The van der Waals surface area contributed by atoms with E-state index in [9.17, 15) is 0 Å². The second-order valence-electron chi connectivity index (χ2n) is 4.35. The number of benzene rings is 1. The van der Waals surface area contributed by atoms with Crippen LogP contribution in [-0.2, 0) is 6.42 Å². The molecule has 1 unspecified atom stereocenters. The molecule has 84 valence electrons. The number of anilines is 1. The van der Waals surface area contributed by atoms with E-state index in [-0.39, 0.29) is 0 Å². The zero-order valence-electron chi connectivity index (χ0n) is 9.16. The van der Waals surface area contributed by atoms with Crippen molar-refractivity contribution in [3.05, 3.63) is 29.3 Å². The normalized spacial score (nSPS) is 22.5. The van der Waals surface area contributed by atoms with Gasteiger partial charge in [0.25, 0.3) is 0 Å². The quantitative estimate of drug-likeness (QED) is 0.609. The number of nitrogens with one attached hydrogen (secondary N) is 2. The number of nitrogens with two attached hydrogens (primary N) is 1. The number of rotatable bonds is 1. The average molecular weight is 216 g/mol. The third-order valence-electron chi connectivity index (χ3n) is 3.23. The predicted molar refractivity (Wildman–Crippen MR) is 65.4 cm³/mol. The first-order valence-electron chi connectivity index (χ1n) is 5.76. The molecule has 0 saturated heterocycles. The Balaban J connectivity index is 1.80. The first kappa shape index (κ1) is 9.51. The summed E-state index contributed by atoms with van der Waals surface area (Å²) in [5, 5.41) is 6.69. The van der Waals surface area contributed by atoms with Gasteiger partial charge in [0.15, 0.2) is 5.96 Å². The Morgan fingerprint density at radius 2 is 2.38 bits per heavy atom. The van der Waals surface area contributed by atoms with Gasteiger partial charge in [0.1, 0.15) is 0 Å². The first-order valence-corrected chi connectivity index (χ1v) is 5.76. The lowest BCUT2D eigenvalue weighted by Gasteiger charge is -2.15. The van der Waals surface area contributed by atoms with Gasteiger partial charge >= 0.3 is 0 Å². The van der Waals surface area contributed by atoms with Gasteiger partial charge in [-0.15, -0.1) is 0 Å². The molecule has 0 saturated carbocycles. The fourth-order valence-electron chi connectivity index (χ4n) is 2.45. The SMILES string of the molecule is Nc1ccc2c(c1)CCC2NC1=NCCN1. The van der Waals surface area contributed by atoms with Gasteiger partial charge in [-0.3, -0.25) is 4.99 Å². The molecular weight excluding hydrogens is 200 g/mol. The Morgan fingerprint density at radius 3 is 3.19 bits per heavy atom. The number of hydrogen-bond donors (Lipinski definition) is 3. The molecular formula is C12H16N4. The fourth-order valence-corrected chi connectivity index (χ4v) is 2.45. The summed E-state index contributed by atoms with van der Waals surface area (Å²) in [6, 6.07) is 6.58. The molecule has 1 aliphatic heterocycles. The van der Waals surface area contributed by atoms with Crippen LogP contribution in [0.5, 0.6) is 0 Å². The molecule has 1 atom stereocenters. The molecule has 0 spiro atoms. The lowest BCUT2D eigenvalue weighted by Crippen LogP contribution is -2.35. The van der Waals surface area contributed by atoms with E-state index in [0.717, 1.165) is 37.6 Å². The summed E-state index contributed by atoms with van der Waals surface area (Å²) in [4.78, 5) is 4.36. The van der Waals surface area contributed by atoms with Crippen LogP contribution in [-0.4, -0.2) is 19.0 Å². The summed E-state index contributed by atoms with van der Waals surface area (Å²) in [7, 11) is 0. The highest BCUT2D eigenvalue weighted by molar-refractivity contribution is 5.81. The van der Waals surface area contributed by atoms with Gasteiger partial charge in [0.2, 0.25) is 0 Å². The van der Waals surface area contributed by atoms with Gasteiger partial charge in [0, 0.05) is 12.2 Å². The number of aliphatic imine (C=N–C) groups is 1. The van der Waals surface area contributed by atoms with Crippen molar-refractivity contribution < 1.29 is 0 Å². The highest BCUT2D eigenvalue weighted by Gasteiger charge is 2.23. The van der Waals surface area contributed by atoms with Crippen molar-refractivity contribution in [2.24, 2.45) is 4.99 Å².